The highest BCUT2D eigenvalue weighted by Gasteiger charge is 2.33. The van der Waals surface area contributed by atoms with E-state index >= 15 is 0 Å². The number of aromatic amines is 1. The van der Waals surface area contributed by atoms with Crippen molar-refractivity contribution in [1.82, 2.24) is 4.98 Å². The standard InChI is InChI=1S/C8H4F3N3O4/c9-8(10,11)18-6-3-5(15)7(14(16)17)4(13-6)1-2-12/h3H,1H2,(H,13,15). The molecule has 1 heterocycles. The van der Waals surface area contributed by atoms with Gasteiger partial charge in [-0.2, -0.15) is 5.26 Å². The molecule has 0 aliphatic heterocycles. The van der Waals surface area contributed by atoms with Crippen molar-refractivity contribution in [2.75, 3.05) is 0 Å². The Morgan fingerprint density at radius 1 is 1.56 bits per heavy atom. The van der Waals surface area contributed by atoms with E-state index in [1.165, 1.54) is 6.07 Å². The molecule has 0 fully saturated rings. The fourth-order valence-electron chi connectivity index (χ4n) is 1.17. The summed E-state index contributed by atoms with van der Waals surface area (Å²) in [5.41, 5.74) is -2.80. The van der Waals surface area contributed by atoms with Crippen LogP contribution in [0.15, 0.2) is 10.9 Å². The van der Waals surface area contributed by atoms with Gasteiger partial charge in [0, 0.05) is 0 Å². The van der Waals surface area contributed by atoms with Crippen molar-refractivity contribution < 1.29 is 22.8 Å². The molecule has 0 spiro atoms. The Morgan fingerprint density at radius 2 is 2.17 bits per heavy atom. The van der Waals surface area contributed by atoms with Gasteiger partial charge in [-0.15, -0.1) is 13.2 Å². The van der Waals surface area contributed by atoms with Gasteiger partial charge in [-0.25, -0.2) is 0 Å². The first-order valence-corrected chi connectivity index (χ1v) is 4.28. The molecular formula is C8H4F3N3O4. The van der Waals surface area contributed by atoms with Crippen molar-refractivity contribution in [3.8, 4) is 11.9 Å². The number of pyridine rings is 1. The molecule has 0 bridgehead atoms. The minimum Gasteiger partial charge on any atom is -0.390 e. The summed E-state index contributed by atoms with van der Waals surface area (Å²) in [5.74, 6) is -1.01. The fourth-order valence-corrected chi connectivity index (χ4v) is 1.17. The van der Waals surface area contributed by atoms with E-state index in [0.29, 0.717) is 6.07 Å². The smallest absolute Gasteiger partial charge is 0.390 e. The number of nitrogens with one attached hydrogen (secondary N) is 1. The number of nitrogens with zero attached hydrogens (tertiary/aromatic N) is 2. The van der Waals surface area contributed by atoms with Gasteiger partial charge in [-0.1, -0.05) is 0 Å². The first-order valence-electron chi connectivity index (χ1n) is 4.28. The molecule has 0 atom stereocenters. The van der Waals surface area contributed by atoms with E-state index in [-0.39, 0.29) is 0 Å². The molecule has 1 rings (SSSR count). The molecule has 1 aromatic heterocycles. The summed E-state index contributed by atoms with van der Waals surface area (Å²) < 4.78 is 39.1. The summed E-state index contributed by atoms with van der Waals surface area (Å²) >= 11 is 0. The molecule has 0 saturated heterocycles. The van der Waals surface area contributed by atoms with E-state index in [4.69, 9.17) is 5.26 Å². The summed E-state index contributed by atoms with van der Waals surface area (Å²) in [6.45, 7) is 0. The second-order valence-corrected chi connectivity index (χ2v) is 2.96. The van der Waals surface area contributed by atoms with Gasteiger partial charge in [0.1, 0.15) is 5.69 Å². The summed E-state index contributed by atoms with van der Waals surface area (Å²) in [6.07, 6.45) is -5.68. The second-order valence-electron chi connectivity index (χ2n) is 2.96. The number of hydrogen-bond acceptors (Lipinski definition) is 5. The number of ether oxygens (including phenoxy) is 1. The lowest BCUT2D eigenvalue weighted by Gasteiger charge is -2.09. The summed E-state index contributed by atoms with van der Waals surface area (Å²) in [6, 6.07) is 1.78. The molecule has 0 saturated carbocycles. The molecule has 0 unspecified atom stereocenters. The molecule has 0 aliphatic rings. The Bertz CT molecular complexity index is 572. The van der Waals surface area contributed by atoms with Gasteiger partial charge >= 0.3 is 12.0 Å². The summed E-state index contributed by atoms with van der Waals surface area (Å²) in [7, 11) is 0. The zero-order chi connectivity index (χ0) is 13.9. The molecule has 7 nitrogen and oxygen atoms in total. The van der Waals surface area contributed by atoms with Crippen LogP contribution in [0.2, 0.25) is 0 Å². The van der Waals surface area contributed by atoms with E-state index < -0.39 is 40.4 Å². The lowest BCUT2D eigenvalue weighted by atomic mass is 10.2. The fraction of sp³-hybridized carbons (Fsp3) is 0.250. The van der Waals surface area contributed by atoms with Crippen LogP contribution in [0.25, 0.3) is 0 Å². The quantitative estimate of drug-likeness (QED) is 0.651. The number of halogens is 3. The van der Waals surface area contributed by atoms with Crippen LogP contribution >= 0.6 is 0 Å². The molecule has 0 amide bonds. The minimum absolute atomic E-state index is 0.298. The topological polar surface area (TPSA) is 109 Å². The lowest BCUT2D eigenvalue weighted by Crippen LogP contribution is -2.21. The molecule has 18 heavy (non-hydrogen) atoms. The van der Waals surface area contributed by atoms with Gasteiger partial charge in [0.25, 0.3) is 5.43 Å². The minimum atomic E-state index is -5.05. The number of nitriles is 1. The van der Waals surface area contributed by atoms with E-state index in [0.717, 1.165) is 0 Å². The Hall–Kier alpha value is -2.57. The molecule has 1 aromatic rings. The third-order valence-electron chi connectivity index (χ3n) is 1.72. The predicted molar refractivity (Wildman–Crippen MR) is 49.7 cm³/mol. The van der Waals surface area contributed by atoms with Crippen molar-refractivity contribution in [2.24, 2.45) is 0 Å². The molecule has 0 radical (unpaired) electrons. The summed E-state index contributed by atoms with van der Waals surface area (Å²) in [5, 5.41) is 18.9. The Kier molecular flexibility index (Phi) is 3.55. The van der Waals surface area contributed by atoms with Crippen LogP contribution in [-0.4, -0.2) is 16.3 Å². The van der Waals surface area contributed by atoms with Gasteiger partial charge in [-0.3, -0.25) is 14.9 Å². The number of alkyl halides is 3. The number of nitro groups is 1. The van der Waals surface area contributed by atoms with Crippen molar-refractivity contribution in [3.05, 3.63) is 32.1 Å². The highest BCUT2D eigenvalue weighted by Crippen LogP contribution is 2.22. The zero-order valence-corrected chi connectivity index (χ0v) is 8.45. The van der Waals surface area contributed by atoms with Crippen LogP contribution in [0.5, 0.6) is 5.88 Å². The maximum Gasteiger partial charge on any atom is 0.574 e. The van der Waals surface area contributed by atoms with Gasteiger partial charge in [-0.05, 0) is 0 Å². The largest absolute Gasteiger partial charge is 0.574 e. The van der Waals surface area contributed by atoms with E-state index in [1.807, 2.05) is 4.98 Å². The first-order chi connectivity index (χ1) is 8.24. The summed E-state index contributed by atoms with van der Waals surface area (Å²) in [4.78, 5) is 22.6. The molecule has 96 valence electrons. The molecule has 1 N–H and O–H groups in total. The van der Waals surface area contributed by atoms with Crippen molar-refractivity contribution in [2.45, 2.75) is 12.8 Å². The SMILES string of the molecule is N#CCc1[nH]c(OC(F)(F)F)cc(=O)c1[N+](=O)[O-]. The average molecular weight is 263 g/mol. The third kappa shape index (κ3) is 3.21. The van der Waals surface area contributed by atoms with Gasteiger partial charge in [0.2, 0.25) is 5.88 Å². The molecule has 10 heteroatoms. The highest BCUT2D eigenvalue weighted by molar-refractivity contribution is 5.39. The number of hydrogen-bond donors (Lipinski definition) is 1. The molecule has 0 aromatic carbocycles. The lowest BCUT2D eigenvalue weighted by molar-refractivity contribution is -0.387. The van der Waals surface area contributed by atoms with Crippen LogP contribution in [0, 0.1) is 21.4 Å². The van der Waals surface area contributed by atoms with Gasteiger partial charge < -0.3 is 9.72 Å². The molecular weight excluding hydrogens is 259 g/mol. The normalized spacial score (nSPS) is 10.8. The van der Waals surface area contributed by atoms with E-state index in [1.54, 1.807) is 0 Å². The van der Waals surface area contributed by atoms with Gasteiger partial charge in [0.15, 0.2) is 0 Å². The van der Waals surface area contributed by atoms with E-state index in [9.17, 15) is 28.1 Å². The Balaban J connectivity index is 3.33. The maximum absolute atomic E-state index is 11.9. The second kappa shape index (κ2) is 4.74. The first kappa shape index (κ1) is 13.5. The molecule has 0 aliphatic carbocycles. The highest BCUT2D eigenvalue weighted by atomic mass is 19.4. The van der Waals surface area contributed by atoms with Crippen LogP contribution in [-0.2, 0) is 6.42 Å². The Morgan fingerprint density at radius 3 is 2.61 bits per heavy atom. The predicted octanol–water partition coefficient (Wildman–Crippen LogP) is 1.25. The zero-order valence-electron chi connectivity index (χ0n) is 8.45. The van der Waals surface area contributed by atoms with Crippen LogP contribution < -0.4 is 10.2 Å². The van der Waals surface area contributed by atoms with Crippen LogP contribution in [0.1, 0.15) is 5.69 Å². The third-order valence-corrected chi connectivity index (χ3v) is 1.72. The van der Waals surface area contributed by atoms with Crippen molar-refractivity contribution in [3.63, 3.8) is 0 Å². The van der Waals surface area contributed by atoms with Crippen molar-refractivity contribution in [1.29, 1.82) is 5.26 Å². The number of rotatable bonds is 3. The number of H-pyrrole nitrogens is 1. The van der Waals surface area contributed by atoms with Crippen LogP contribution in [0.3, 0.4) is 0 Å². The van der Waals surface area contributed by atoms with E-state index in [2.05, 4.69) is 4.74 Å². The monoisotopic (exact) mass is 263 g/mol. The van der Waals surface area contributed by atoms with Crippen molar-refractivity contribution >= 4 is 5.69 Å². The van der Waals surface area contributed by atoms with Crippen LogP contribution in [0.4, 0.5) is 18.9 Å². The number of aromatic nitrogens is 1. The van der Waals surface area contributed by atoms with Gasteiger partial charge in [0.05, 0.1) is 23.5 Å². The Labute approximate surface area is 96.6 Å². The maximum atomic E-state index is 11.9. The average Bonchev–Trinajstić information content (AvgIpc) is 2.13.